The second-order valence-electron chi connectivity index (χ2n) is 7.48. The third-order valence-corrected chi connectivity index (χ3v) is 7.66. The van der Waals surface area contributed by atoms with Gasteiger partial charge in [-0.1, -0.05) is 11.6 Å². The third kappa shape index (κ3) is 4.79. The van der Waals surface area contributed by atoms with E-state index < -0.39 is 10.0 Å². The molecule has 2 aromatic carbocycles. The molecule has 1 saturated heterocycles. The van der Waals surface area contributed by atoms with Crippen LogP contribution in [-0.4, -0.2) is 41.3 Å². The maximum absolute atomic E-state index is 12.9. The van der Waals surface area contributed by atoms with Crippen LogP contribution in [0.25, 0.3) is 0 Å². The molecule has 1 N–H and O–H groups in total. The number of aryl methyl sites for hydroxylation is 1. The Balaban J connectivity index is 1.44. The number of aromatic nitrogens is 2. The first kappa shape index (κ1) is 22.3. The molecule has 0 saturated carbocycles. The molecule has 1 aromatic heterocycles. The number of halogens is 1. The number of sulfonamides is 1. The van der Waals surface area contributed by atoms with Gasteiger partial charge in [-0.05, 0) is 55.3 Å². The Morgan fingerprint density at radius 3 is 2.53 bits per heavy atom. The number of rotatable bonds is 7. The Labute approximate surface area is 191 Å². The van der Waals surface area contributed by atoms with Gasteiger partial charge >= 0.3 is 0 Å². The van der Waals surface area contributed by atoms with Gasteiger partial charge in [0, 0.05) is 43.8 Å². The number of nitrogens with one attached hydrogen (secondary N) is 1. The van der Waals surface area contributed by atoms with Crippen LogP contribution in [0.3, 0.4) is 0 Å². The molecule has 168 valence electrons. The summed E-state index contributed by atoms with van der Waals surface area (Å²) in [5.74, 6) is 1.02. The Bertz CT molecular complexity index is 1220. The van der Waals surface area contributed by atoms with Gasteiger partial charge in [-0.25, -0.2) is 13.4 Å². The SMILES string of the molecule is Cn1ccnc1COc1ccc(C(=O)Nc2ccc(Cl)c(S(=O)(=O)N3CCCC3)c2)cc1. The quantitative estimate of drug-likeness (QED) is 0.563. The minimum atomic E-state index is -3.70. The summed E-state index contributed by atoms with van der Waals surface area (Å²) in [4.78, 5) is 16.9. The van der Waals surface area contributed by atoms with Crippen molar-refractivity contribution in [1.29, 1.82) is 0 Å². The number of carbonyl (C=O) groups is 1. The number of hydrogen-bond donors (Lipinski definition) is 1. The lowest BCUT2D eigenvalue weighted by molar-refractivity contribution is 0.102. The molecule has 1 aliphatic heterocycles. The molecule has 0 atom stereocenters. The smallest absolute Gasteiger partial charge is 0.255 e. The van der Waals surface area contributed by atoms with Crippen molar-refractivity contribution in [2.24, 2.45) is 7.05 Å². The number of benzene rings is 2. The number of hydrogen-bond acceptors (Lipinski definition) is 5. The molecule has 10 heteroatoms. The first-order valence-electron chi connectivity index (χ1n) is 10.1. The third-order valence-electron chi connectivity index (χ3n) is 5.28. The Hall–Kier alpha value is -2.88. The lowest BCUT2D eigenvalue weighted by Gasteiger charge is -2.17. The summed E-state index contributed by atoms with van der Waals surface area (Å²) < 4.78 is 34.7. The average molecular weight is 475 g/mol. The number of carbonyl (C=O) groups excluding carboxylic acids is 1. The lowest BCUT2D eigenvalue weighted by Crippen LogP contribution is -2.28. The summed E-state index contributed by atoms with van der Waals surface area (Å²) in [6.07, 6.45) is 5.19. The molecule has 0 spiro atoms. The monoisotopic (exact) mass is 474 g/mol. The van der Waals surface area contributed by atoms with Crippen molar-refractivity contribution in [2.45, 2.75) is 24.3 Å². The van der Waals surface area contributed by atoms with Gasteiger partial charge in [-0.15, -0.1) is 0 Å². The Morgan fingerprint density at radius 2 is 1.88 bits per heavy atom. The van der Waals surface area contributed by atoms with E-state index >= 15 is 0 Å². The molecule has 1 aliphatic rings. The van der Waals surface area contributed by atoms with E-state index in [1.807, 2.05) is 17.8 Å². The van der Waals surface area contributed by atoms with Crippen LogP contribution < -0.4 is 10.1 Å². The van der Waals surface area contributed by atoms with E-state index in [0.717, 1.165) is 18.7 Å². The van der Waals surface area contributed by atoms with Crippen LogP contribution in [0.1, 0.15) is 29.0 Å². The van der Waals surface area contributed by atoms with E-state index in [9.17, 15) is 13.2 Å². The molecular formula is C22H23ClN4O4S. The number of amides is 1. The minimum Gasteiger partial charge on any atom is -0.486 e. The van der Waals surface area contributed by atoms with E-state index in [-0.39, 0.29) is 15.8 Å². The maximum atomic E-state index is 12.9. The molecule has 1 amide bonds. The van der Waals surface area contributed by atoms with E-state index in [4.69, 9.17) is 16.3 Å². The highest BCUT2D eigenvalue weighted by Crippen LogP contribution is 2.30. The highest BCUT2D eigenvalue weighted by Gasteiger charge is 2.29. The van der Waals surface area contributed by atoms with Crippen molar-refractivity contribution in [3.63, 3.8) is 0 Å². The summed E-state index contributed by atoms with van der Waals surface area (Å²) in [5, 5.41) is 2.86. The number of anilines is 1. The lowest BCUT2D eigenvalue weighted by atomic mass is 10.2. The van der Waals surface area contributed by atoms with Gasteiger partial charge in [-0.2, -0.15) is 4.31 Å². The van der Waals surface area contributed by atoms with Crippen molar-refractivity contribution in [3.05, 3.63) is 71.3 Å². The van der Waals surface area contributed by atoms with Gasteiger partial charge in [0.25, 0.3) is 5.91 Å². The molecule has 4 rings (SSSR count). The predicted octanol–water partition coefficient (Wildman–Crippen LogP) is 3.69. The predicted molar refractivity (Wildman–Crippen MR) is 121 cm³/mol. The molecule has 8 nitrogen and oxygen atoms in total. The zero-order chi connectivity index (χ0) is 22.7. The maximum Gasteiger partial charge on any atom is 0.255 e. The molecule has 2 heterocycles. The zero-order valence-corrected chi connectivity index (χ0v) is 19.1. The minimum absolute atomic E-state index is 0.00287. The van der Waals surface area contributed by atoms with Crippen molar-refractivity contribution in [1.82, 2.24) is 13.9 Å². The van der Waals surface area contributed by atoms with Gasteiger partial charge in [0.15, 0.2) is 0 Å². The van der Waals surface area contributed by atoms with Crippen LogP contribution in [0.5, 0.6) is 5.75 Å². The van der Waals surface area contributed by atoms with Gasteiger partial charge in [-0.3, -0.25) is 4.79 Å². The molecule has 3 aromatic rings. The molecular weight excluding hydrogens is 452 g/mol. The molecule has 32 heavy (non-hydrogen) atoms. The zero-order valence-electron chi connectivity index (χ0n) is 17.5. The largest absolute Gasteiger partial charge is 0.486 e. The fourth-order valence-electron chi connectivity index (χ4n) is 3.44. The van der Waals surface area contributed by atoms with Crippen molar-refractivity contribution >= 4 is 33.2 Å². The van der Waals surface area contributed by atoms with E-state index in [1.165, 1.54) is 16.4 Å². The Kier molecular flexibility index (Phi) is 6.50. The first-order valence-corrected chi connectivity index (χ1v) is 12.0. The fourth-order valence-corrected chi connectivity index (χ4v) is 5.45. The summed E-state index contributed by atoms with van der Waals surface area (Å²) in [7, 11) is -1.81. The van der Waals surface area contributed by atoms with Crippen LogP contribution in [0.2, 0.25) is 5.02 Å². The number of imidazole rings is 1. The van der Waals surface area contributed by atoms with Crippen LogP contribution in [0.4, 0.5) is 5.69 Å². The number of nitrogens with zero attached hydrogens (tertiary/aromatic N) is 3. The molecule has 0 aliphatic carbocycles. The summed E-state index contributed by atoms with van der Waals surface area (Å²) in [6.45, 7) is 1.27. The highest BCUT2D eigenvalue weighted by atomic mass is 35.5. The second kappa shape index (κ2) is 9.32. The summed E-state index contributed by atoms with van der Waals surface area (Å²) >= 11 is 6.17. The van der Waals surface area contributed by atoms with E-state index in [0.29, 0.717) is 36.7 Å². The molecule has 0 bridgehead atoms. The standard InChI is InChI=1S/C22H23ClN4O4S/c1-26-13-10-24-21(26)15-31-18-7-4-16(5-8-18)22(28)25-17-6-9-19(23)20(14-17)32(29,30)27-11-2-3-12-27/h4-10,13-14H,2-3,11-12,15H2,1H3,(H,25,28). The van der Waals surface area contributed by atoms with Gasteiger partial charge in [0.2, 0.25) is 10.0 Å². The fraction of sp³-hybridized carbons (Fsp3) is 0.273. The topological polar surface area (TPSA) is 93.5 Å². The second-order valence-corrected chi connectivity index (χ2v) is 9.79. The van der Waals surface area contributed by atoms with Gasteiger partial charge in [0.1, 0.15) is 23.1 Å². The molecule has 0 radical (unpaired) electrons. The summed E-state index contributed by atoms with van der Waals surface area (Å²) in [5.41, 5.74) is 0.764. The van der Waals surface area contributed by atoms with Crippen LogP contribution in [0, 0.1) is 0 Å². The van der Waals surface area contributed by atoms with Gasteiger partial charge in [0.05, 0.1) is 5.02 Å². The summed E-state index contributed by atoms with van der Waals surface area (Å²) in [6, 6.07) is 11.1. The highest BCUT2D eigenvalue weighted by molar-refractivity contribution is 7.89. The Morgan fingerprint density at radius 1 is 1.16 bits per heavy atom. The molecule has 1 fully saturated rings. The normalized spacial score (nSPS) is 14.4. The number of ether oxygens (including phenoxy) is 1. The van der Waals surface area contributed by atoms with E-state index in [1.54, 1.807) is 36.5 Å². The van der Waals surface area contributed by atoms with Crippen LogP contribution in [0.15, 0.2) is 59.8 Å². The van der Waals surface area contributed by atoms with Crippen molar-refractivity contribution in [2.75, 3.05) is 18.4 Å². The van der Waals surface area contributed by atoms with Crippen LogP contribution in [-0.2, 0) is 23.7 Å². The average Bonchev–Trinajstić information content (AvgIpc) is 3.46. The van der Waals surface area contributed by atoms with Crippen molar-refractivity contribution < 1.29 is 17.9 Å². The van der Waals surface area contributed by atoms with E-state index in [2.05, 4.69) is 10.3 Å². The molecule has 0 unspecified atom stereocenters. The van der Waals surface area contributed by atoms with Crippen LogP contribution >= 0.6 is 11.6 Å². The van der Waals surface area contributed by atoms with Crippen molar-refractivity contribution in [3.8, 4) is 5.75 Å². The van der Waals surface area contributed by atoms with Gasteiger partial charge < -0.3 is 14.6 Å². The first-order chi connectivity index (χ1) is 15.3.